The molecule has 0 saturated carbocycles. The predicted octanol–water partition coefficient (Wildman–Crippen LogP) is 0.802. The fourth-order valence-electron chi connectivity index (χ4n) is 1.27. The van der Waals surface area contributed by atoms with Gasteiger partial charge in [-0.05, 0) is 12.1 Å². The predicted molar refractivity (Wildman–Crippen MR) is 70.7 cm³/mol. The summed E-state index contributed by atoms with van der Waals surface area (Å²) in [4.78, 5) is 21.9. The van der Waals surface area contributed by atoms with Crippen molar-refractivity contribution in [3.63, 3.8) is 0 Å². The molecule has 7 nitrogen and oxygen atoms in total. The van der Waals surface area contributed by atoms with Crippen LogP contribution in [0.3, 0.4) is 0 Å². The van der Waals surface area contributed by atoms with E-state index < -0.39 is 11.9 Å². The van der Waals surface area contributed by atoms with E-state index in [9.17, 15) is 14.7 Å². The maximum Gasteiger partial charge on any atom is 0.305 e. The number of nitriles is 1. The van der Waals surface area contributed by atoms with Crippen molar-refractivity contribution < 1.29 is 19.8 Å². The molecule has 0 spiro atoms. The van der Waals surface area contributed by atoms with Gasteiger partial charge in [-0.25, -0.2) is 0 Å². The lowest BCUT2D eigenvalue weighted by Gasteiger charge is -2.05. The van der Waals surface area contributed by atoms with Crippen molar-refractivity contribution in [3.05, 3.63) is 36.0 Å². The number of carboxylic acid groups (broad SMARTS) is 1. The Morgan fingerprint density at radius 1 is 1.35 bits per heavy atom. The highest BCUT2D eigenvalue weighted by Crippen LogP contribution is 2.21. The zero-order valence-corrected chi connectivity index (χ0v) is 10.5. The second kappa shape index (κ2) is 7.43. The molecule has 20 heavy (non-hydrogen) atoms. The number of anilines is 1. The lowest BCUT2D eigenvalue weighted by molar-refractivity contribution is -0.136. The van der Waals surface area contributed by atoms with Crippen molar-refractivity contribution >= 4 is 17.6 Å². The standard InChI is InChI=1S/C13H13N3O4/c14-7-9(13(20)15-6-5-12(18)19)8-16-10-3-1-2-4-11(10)17/h1-4,8,16-17H,5-6H2,(H,15,20)(H,18,19)/b9-8-. The van der Waals surface area contributed by atoms with Gasteiger partial charge in [0, 0.05) is 12.7 Å². The van der Waals surface area contributed by atoms with Crippen molar-refractivity contribution in [2.45, 2.75) is 6.42 Å². The first-order chi connectivity index (χ1) is 9.54. The molecular weight excluding hydrogens is 262 g/mol. The normalized spacial score (nSPS) is 10.4. The Morgan fingerprint density at radius 3 is 2.65 bits per heavy atom. The number of amides is 1. The molecule has 0 heterocycles. The molecule has 0 bridgehead atoms. The fourth-order valence-corrected chi connectivity index (χ4v) is 1.27. The number of nitrogens with zero attached hydrogens (tertiary/aromatic N) is 1. The van der Waals surface area contributed by atoms with E-state index in [-0.39, 0.29) is 24.3 Å². The summed E-state index contributed by atoms with van der Waals surface area (Å²) in [6.07, 6.45) is 0.919. The monoisotopic (exact) mass is 275 g/mol. The van der Waals surface area contributed by atoms with Crippen LogP contribution in [0.25, 0.3) is 0 Å². The fraction of sp³-hybridized carbons (Fsp3) is 0.154. The molecule has 104 valence electrons. The van der Waals surface area contributed by atoms with E-state index in [1.54, 1.807) is 24.3 Å². The van der Waals surface area contributed by atoms with E-state index in [0.717, 1.165) is 6.20 Å². The Balaban J connectivity index is 2.64. The maximum atomic E-state index is 11.6. The number of phenolic OH excluding ortho intramolecular Hbond substituents is 1. The van der Waals surface area contributed by atoms with Crippen LogP contribution in [0.1, 0.15) is 6.42 Å². The van der Waals surface area contributed by atoms with Crippen LogP contribution in [-0.2, 0) is 9.59 Å². The topological polar surface area (TPSA) is 122 Å². The molecule has 0 saturated heterocycles. The van der Waals surface area contributed by atoms with Crippen molar-refractivity contribution in [1.82, 2.24) is 5.32 Å². The van der Waals surface area contributed by atoms with Crippen molar-refractivity contribution in [3.8, 4) is 11.8 Å². The number of hydrogen-bond acceptors (Lipinski definition) is 5. The largest absolute Gasteiger partial charge is 0.506 e. The molecular formula is C13H13N3O4. The molecule has 0 atom stereocenters. The first-order valence-electron chi connectivity index (χ1n) is 5.69. The van der Waals surface area contributed by atoms with Gasteiger partial charge in [-0.2, -0.15) is 5.26 Å². The van der Waals surface area contributed by atoms with Gasteiger partial charge in [0.15, 0.2) is 0 Å². The first kappa shape index (κ1) is 15.0. The number of carbonyl (C=O) groups excluding carboxylic acids is 1. The minimum Gasteiger partial charge on any atom is -0.506 e. The summed E-state index contributed by atoms with van der Waals surface area (Å²) in [6.45, 7) is -0.0657. The number of carbonyl (C=O) groups is 2. The quantitative estimate of drug-likeness (QED) is 0.346. The minimum absolute atomic E-state index is 0.0210. The zero-order valence-electron chi connectivity index (χ0n) is 10.5. The number of rotatable bonds is 6. The third-order valence-electron chi connectivity index (χ3n) is 2.27. The maximum absolute atomic E-state index is 11.6. The Morgan fingerprint density at radius 2 is 2.05 bits per heavy atom. The molecule has 0 aliphatic rings. The summed E-state index contributed by atoms with van der Waals surface area (Å²) in [7, 11) is 0. The zero-order chi connectivity index (χ0) is 15.0. The number of benzene rings is 1. The lowest BCUT2D eigenvalue weighted by Crippen LogP contribution is -2.27. The van der Waals surface area contributed by atoms with E-state index >= 15 is 0 Å². The van der Waals surface area contributed by atoms with Gasteiger partial charge in [0.2, 0.25) is 0 Å². The van der Waals surface area contributed by atoms with E-state index in [1.165, 1.54) is 6.07 Å². The molecule has 0 unspecified atom stereocenters. The Bertz CT molecular complexity index is 575. The van der Waals surface area contributed by atoms with Gasteiger partial charge in [0.25, 0.3) is 5.91 Å². The van der Waals surface area contributed by atoms with Crippen LogP contribution in [0.4, 0.5) is 5.69 Å². The van der Waals surface area contributed by atoms with Gasteiger partial charge < -0.3 is 20.8 Å². The van der Waals surface area contributed by atoms with Gasteiger partial charge >= 0.3 is 5.97 Å². The summed E-state index contributed by atoms with van der Waals surface area (Å²) in [5.41, 5.74) is 0.122. The molecule has 0 aliphatic heterocycles. The smallest absolute Gasteiger partial charge is 0.305 e. The Labute approximate surface area is 115 Å². The Kier molecular flexibility index (Phi) is 5.59. The van der Waals surface area contributed by atoms with Gasteiger partial charge in [-0.3, -0.25) is 9.59 Å². The van der Waals surface area contributed by atoms with E-state index in [4.69, 9.17) is 10.4 Å². The van der Waals surface area contributed by atoms with Crippen LogP contribution in [0, 0.1) is 11.3 Å². The number of phenols is 1. The van der Waals surface area contributed by atoms with Gasteiger partial charge in [-0.1, -0.05) is 12.1 Å². The Hall–Kier alpha value is -3.01. The summed E-state index contributed by atoms with van der Waals surface area (Å²) >= 11 is 0. The van der Waals surface area contributed by atoms with Gasteiger partial charge in [-0.15, -0.1) is 0 Å². The molecule has 0 fully saturated rings. The molecule has 7 heteroatoms. The van der Waals surface area contributed by atoms with E-state index in [0.29, 0.717) is 5.69 Å². The molecule has 0 aliphatic carbocycles. The molecule has 0 aromatic heterocycles. The van der Waals surface area contributed by atoms with Crippen LogP contribution in [-0.4, -0.2) is 28.6 Å². The summed E-state index contributed by atoms with van der Waals surface area (Å²) in [5, 5.41) is 31.7. The summed E-state index contributed by atoms with van der Waals surface area (Å²) < 4.78 is 0. The highest BCUT2D eigenvalue weighted by molar-refractivity contribution is 5.97. The second-order valence-electron chi connectivity index (χ2n) is 3.73. The van der Waals surface area contributed by atoms with Crippen molar-refractivity contribution in [2.24, 2.45) is 0 Å². The molecule has 1 aromatic rings. The van der Waals surface area contributed by atoms with Crippen LogP contribution in [0.2, 0.25) is 0 Å². The average molecular weight is 275 g/mol. The molecule has 4 N–H and O–H groups in total. The van der Waals surface area contributed by atoms with Gasteiger partial charge in [0.1, 0.15) is 17.4 Å². The molecule has 0 radical (unpaired) electrons. The molecule has 1 aromatic carbocycles. The molecule has 1 rings (SSSR count). The first-order valence-corrected chi connectivity index (χ1v) is 5.69. The second-order valence-corrected chi connectivity index (χ2v) is 3.73. The number of nitrogens with one attached hydrogen (secondary N) is 2. The number of aliphatic carboxylic acids is 1. The highest BCUT2D eigenvalue weighted by Gasteiger charge is 2.09. The third-order valence-corrected chi connectivity index (χ3v) is 2.27. The van der Waals surface area contributed by atoms with Crippen molar-refractivity contribution in [2.75, 3.05) is 11.9 Å². The summed E-state index contributed by atoms with van der Waals surface area (Å²) in [6, 6.07) is 8.02. The van der Waals surface area contributed by atoms with E-state index in [2.05, 4.69) is 10.6 Å². The van der Waals surface area contributed by atoms with Crippen LogP contribution >= 0.6 is 0 Å². The highest BCUT2D eigenvalue weighted by atomic mass is 16.4. The average Bonchev–Trinajstić information content (AvgIpc) is 2.41. The minimum atomic E-state index is -1.04. The number of para-hydroxylation sites is 2. The van der Waals surface area contributed by atoms with E-state index in [1.807, 2.05) is 0 Å². The van der Waals surface area contributed by atoms with Crippen LogP contribution in [0.5, 0.6) is 5.75 Å². The number of carboxylic acids is 1. The van der Waals surface area contributed by atoms with Crippen molar-refractivity contribution in [1.29, 1.82) is 5.26 Å². The van der Waals surface area contributed by atoms with Gasteiger partial charge in [0.05, 0.1) is 12.1 Å². The third kappa shape index (κ3) is 4.70. The number of aromatic hydroxyl groups is 1. The lowest BCUT2D eigenvalue weighted by atomic mass is 10.2. The summed E-state index contributed by atoms with van der Waals surface area (Å²) in [5.74, 6) is -1.75. The number of hydrogen-bond donors (Lipinski definition) is 4. The van der Waals surface area contributed by atoms with Crippen LogP contribution < -0.4 is 10.6 Å². The molecule has 1 amide bonds. The van der Waals surface area contributed by atoms with Crippen LogP contribution in [0.15, 0.2) is 36.0 Å². The SMILES string of the molecule is N#C/C(=C/Nc1ccccc1O)C(=O)NCCC(=O)O.